The van der Waals surface area contributed by atoms with Crippen LogP contribution in [0.15, 0.2) is 48.6 Å². The molecule has 3 unspecified atom stereocenters. The lowest BCUT2D eigenvalue weighted by Gasteiger charge is -2.30. The standard InChI is InChI=1S/C81H155N2O7P/c1-7-10-13-16-19-22-25-28-30-32-34-36-38-40-41-43-44-46-48-50-52-55-58-61-64-67-70-73-80(84)82-78(77-89-91(86,87)88-76-75-83(4,5)6)79(72-69-66-63-60-57-54-27-24-21-18-15-12-9-3)90-81(85)74-71-68-65-62-59-56-53-51-49-47-45-42-39-37-35-33-31-29-26-23-20-17-14-11-8-2/h20,23,28-31,69,72,78-79H,7-19,21-22,24-27,32-68,70-71,73-77H2,1-6H3,(H-,82,84,86,87)/b23-20-,30-28+,31-29-,72-69+. The van der Waals surface area contributed by atoms with Crippen LogP contribution in [-0.4, -0.2) is 69.4 Å². The molecule has 0 aliphatic carbocycles. The number of carbonyl (C=O) groups excluding carboxylic acids is 2. The van der Waals surface area contributed by atoms with Gasteiger partial charge in [0.2, 0.25) is 5.91 Å². The molecule has 0 radical (unpaired) electrons. The summed E-state index contributed by atoms with van der Waals surface area (Å²) in [5.41, 5.74) is 0. The fourth-order valence-electron chi connectivity index (χ4n) is 12.1. The van der Waals surface area contributed by atoms with Crippen molar-refractivity contribution in [3.8, 4) is 0 Å². The first-order valence-corrected chi connectivity index (χ1v) is 41.4. The summed E-state index contributed by atoms with van der Waals surface area (Å²) in [6, 6.07) is -0.887. The van der Waals surface area contributed by atoms with Gasteiger partial charge in [-0.15, -0.1) is 0 Å². The smallest absolute Gasteiger partial charge is 0.306 e. The molecule has 1 amide bonds. The minimum Gasteiger partial charge on any atom is -0.756 e. The Morgan fingerprint density at radius 3 is 1.02 bits per heavy atom. The molecule has 0 aliphatic rings. The van der Waals surface area contributed by atoms with Crippen LogP contribution < -0.4 is 10.2 Å². The second-order valence-electron chi connectivity index (χ2n) is 28.6. The van der Waals surface area contributed by atoms with Gasteiger partial charge in [-0.25, -0.2) is 0 Å². The van der Waals surface area contributed by atoms with Crippen molar-refractivity contribution < 1.29 is 37.3 Å². The summed E-state index contributed by atoms with van der Waals surface area (Å²) >= 11 is 0. The van der Waals surface area contributed by atoms with Crippen LogP contribution in [0.1, 0.15) is 406 Å². The van der Waals surface area contributed by atoms with E-state index in [0.29, 0.717) is 17.4 Å². The molecular formula is C81H155N2O7P. The molecule has 91 heavy (non-hydrogen) atoms. The molecule has 536 valence electrons. The second-order valence-corrected chi connectivity index (χ2v) is 30.0. The van der Waals surface area contributed by atoms with Gasteiger partial charge in [-0.3, -0.25) is 14.2 Å². The van der Waals surface area contributed by atoms with E-state index in [1.807, 2.05) is 33.3 Å². The molecule has 0 fully saturated rings. The van der Waals surface area contributed by atoms with Crippen molar-refractivity contribution in [3.63, 3.8) is 0 Å². The van der Waals surface area contributed by atoms with Gasteiger partial charge in [0, 0.05) is 12.8 Å². The maximum Gasteiger partial charge on any atom is 0.306 e. The summed E-state index contributed by atoms with van der Waals surface area (Å²) in [6.45, 7) is 6.89. The van der Waals surface area contributed by atoms with E-state index in [9.17, 15) is 19.0 Å². The van der Waals surface area contributed by atoms with Crippen molar-refractivity contribution in [1.29, 1.82) is 0 Å². The molecule has 0 aliphatic heterocycles. The number of phosphoric ester groups is 1. The van der Waals surface area contributed by atoms with Crippen LogP contribution in [0.3, 0.4) is 0 Å². The van der Waals surface area contributed by atoms with E-state index in [0.717, 1.165) is 64.2 Å². The van der Waals surface area contributed by atoms with Gasteiger partial charge in [0.25, 0.3) is 7.82 Å². The van der Waals surface area contributed by atoms with Crippen LogP contribution in [0.25, 0.3) is 0 Å². The van der Waals surface area contributed by atoms with Gasteiger partial charge < -0.3 is 28.5 Å². The number of quaternary nitrogens is 1. The number of carbonyl (C=O) groups is 2. The Kier molecular flexibility index (Phi) is 69.2. The topological polar surface area (TPSA) is 114 Å². The van der Waals surface area contributed by atoms with Crippen molar-refractivity contribution in [2.45, 2.75) is 418 Å². The summed E-state index contributed by atoms with van der Waals surface area (Å²) in [5.74, 6) is -0.518. The molecule has 0 rings (SSSR count). The van der Waals surface area contributed by atoms with Gasteiger partial charge in [-0.05, 0) is 89.5 Å². The van der Waals surface area contributed by atoms with Crippen LogP contribution >= 0.6 is 7.82 Å². The Balaban J connectivity index is 4.93. The summed E-state index contributed by atoms with van der Waals surface area (Å²) in [6.07, 6.45) is 91.1. The number of unbranched alkanes of at least 4 members (excludes halogenated alkanes) is 52. The highest BCUT2D eigenvalue weighted by molar-refractivity contribution is 7.45. The molecule has 0 aromatic carbocycles. The Morgan fingerprint density at radius 1 is 0.385 bits per heavy atom. The lowest BCUT2D eigenvalue weighted by atomic mass is 10.0. The zero-order valence-corrected chi connectivity index (χ0v) is 62.5. The average molecular weight is 1300 g/mol. The lowest BCUT2D eigenvalue weighted by molar-refractivity contribution is -0.870. The summed E-state index contributed by atoms with van der Waals surface area (Å²) in [5, 5.41) is 3.06. The van der Waals surface area contributed by atoms with E-state index in [-0.39, 0.29) is 31.5 Å². The van der Waals surface area contributed by atoms with Crippen LogP contribution in [0.4, 0.5) is 0 Å². The summed E-state index contributed by atoms with van der Waals surface area (Å²) in [7, 11) is 1.21. The number of likely N-dealkylation sites (N-methyl/N-ethyl adjacent to an activating group) is 1. The number of amides is 1. The van der Waals surface area contributed by atoms with Crippen molar-refractivity contribution in [2.24, 2.45) is 0 Å². The maximum absolute atomic E-state index is 13.7. The molecule has 0 aromatic rings. The van der Waals surface area contributed by atoms with Crippen molar-refractivity contribution in [3.05, 3.63) is 48.6 Å². The highest BCUT2D eigenvalue weighted by Gasteiger charge is 2.27. The van der Waals surface area contributed by atoms with Crippen molar-refractivity contribution in [1.82, 2.24) is 5.32 Å². The third-order valence-corrected chi connectivity index (χ3v) is 19.2. The van der Waals surface area contributed by atoms with Crippen LogP contribution in [0.2, 0.25) is 0 Å². The van der Waals surface area contributed by atoms with E-state index in [1.165, 1.54) is 308 Å². The van der Waals surface area contributed by atoms with Crippen LogP contribution in [-0.2, 0) is 27.9 Å². The van der Waals surface area contributed by atoms with E-state index < -0.39 is 20.0 Å². The van der Waals surface area contributed by atoms with Gasteiger partial charge in [0.15, 0.2) is 0 Å². The molecule has 0 bridgehead atoms. The fraction of sp³-hybridized carbons (Fsp3) is 0.877. The molecule has 9 nitrogen and oxygen atoms in total. The Bertz CT molecular complexity index is 1690. The van der Waals surface area contributed by atoms with E-state index in [2.05, 4.69) is 62.5 Å². The van der Waals surface area contributed by atoms with Gasteiger partial charge >= 0.3 is 5.97 Å². The van der Waals surface area contributed by atoms with Crippen LogP contribution in [0, 0.1) is 0 Å². The largest absolute Gasteiger partial charge is 0.756 e. The Labute approximate surface area is 567 Å². The normalized spacial score (nSPS) is 13.6. The molecule has 0 heterocycles. The average Bonchev–Trinajstić information content (AvgIpc) is 3.70. The molecule has 0 saturated carbocycles. The zero-order valence-electron chi connectivity index (χ0n) is 61.6. The number of nitrogens with zero attached hydrogens (tertiary/aromatic N) is 1. The molecule has 1 N–H and O–H groups in total. The van der Waals surface area contributed by atoms with Gasteiger partial charge in [-0.2, -0.15) is 0 Å². The van der Waals surface area contributed by atoms with Crippen LogP contribution in [0.5, 0.6) is 0 Å². The maximum atomic E-state index is 13.7. The SMILES string of the molecule is CCCCC/C=C\C/C=C\CCCCCCCCCCCCCCCCCC(=O)OC(/C=C/CCCCCCCCCCCCC)C(COP(=O)([O-])OCC[N+](C)(C)C)NC(=O)CCCCCCCCCCCCCCCCCCC/C=C/CCCCCCCC. The van der Waals surface area contributed by atoms with E-state index >= 15 is 0 Å². The first-order chi connectivity index (χ1) is 44.4. The van der Waals surface area contributed by atoms with E-state index in [4.69, 9.17) is 13.8 Å². The second kappa shape index (κ2) is 70.8. The first kappa shape index (κ1) is 89.0. The summed E-state index contributed by atoms with van der Waals surface area (Å²) < 4.78 is 30.6. The lowest BCUT2D eigenvalue weighted by Crippen LogP contribution is -2.47. The third-order valence-electron chi connectivity index (χ3n) is 18.2. The molecule has 0 aromatic heterocycles. The van der Waals surface area contributed by atoms with Crippen molar-refractivity contribution in [2.75, 3.05) is 40.9 Å². The zero-order chi connectivity index (χ0) is 66.3. The minimum atomic E-state index is -4.71. The Hall–Kier alpha value is -2.03. The third kappa shape index (κ3) is 72.1. The molecule has 0 spiro atoms. The van der Waals surface area contributed by atoms with Gasteiger partial charge in [0.1, 0.15) is 19.3 Å². The van der Waals surface area contributed by atoms with Gasteiger partial charge in [-0.1, -0.05) is 352 Å². The fourth-order valence-corrected chi connectivity index (χ4v) is 12.8. The quantitative estimate of drug-likeness (QED) is 0.0212. The number of phosphoric acid groups is 1. The van der Waals surface area contributed by atoms with Crippen molar-refractivity contribution >= 4 is 19.7 Å². The molecule has 3 atom stereocenters. The summed E-state index contributed by atoms with van der Waals surface area (Å²) in [4.78, 5) is 40.4. The van der Waals surface area contributed by atoms with Gasteiger partial charge in [0.05, 0.1) is 33.8 Å². The number of rotatable bonds is 74. The number of allylic oxidation sites excluding steroid dienone is 7. The molecule has 0 saturated heterocycles. The Morgan fingerprint density at radius 2 is 0.670 bits per heavy atom. The minimum absolute atomic E-state index is 0.0197. The molecular weight excluding hydrogens is 1140 g/mol. The number of ether oxygens (including phenoxy) is 1. The highest BCUT2D eigenvalue weighted by Crippen LogP contribution is 2.38. The number of hydrogen-bond acceptors (Lipinski definition) is 7. The monoisotopic (exact) mass is 1300 g/mol. The molecule has 10 heteroatoms. The predicted octanol–water partition coefficient (Wildman–Crippen LogP) is 25.3. The number of hydrogen-bond donors (Lipinski definition) is 1. The highest BCUT2D eigenvalue weighted by atomic mass is 31.2. The first-order valence-electron chi connectivity index (χ1n) is 39.9. The predicted molar refractivity (Wildman–Crippen MR) is 395 cm³/mol. The van der Waals surface area contributed by atoms with E-state index in [1.54, 1.807) is 0 Å². The number of esters is 1. The number of nitrogens with one attached hydrogen (secondary N) is 1.